The number of carbonyl (C=O) groups is 1. The highest BCUT2D eigenvalue weighted by Gasteiger charge is 2.15. The normalized spacial score (nSPS) is 12.6. The molecule has 0 aliphatic carbocycles. The second-order valence-electron chi connectivity index (χ2n) is 5.80. The molecule has 1 heterocycles. The predicted molar refractivity (Wildman–Crippen MR) is 96.2 cm³/mol. The first-order valence-electron chi connectivity index (χ1n) is 8.20. The molecule has 126 valence electrons. The van der Waals surface area contributed by atoms with Gasteiger partial charge in [0.25, 0.3) is 5.91 Å². The second-order valence-corrected chi connectivity index (χ2v) is 5.80. The minimum absolute atomic E-state index is 0.147. The van der Waals surface area contributed by atoms with Crippen molar-refractivity contribution in [3.05, 3.63) is 64.7 Å². The zero-order valence-electron chi connectivity index (χ0n) is 14.1. The number of aliphatic imine (C=N–C) groups is 1. The van der Waals surface area contributed by atoms with E-state index in [0.717, 1.165) is 30.0 Å². The third kappa shape index (κ3) is 3.86. The van der Waals surface area contributed by atoms with Gasteiger partial charge in [-0.05, 0) is 48.4 Å². The largest absolute Gasteiger partial charge is 0.497 e. The molecule has 0 bridgehead atoms. The van der Waals surface area contributed by atoms with Crippen molar-refractivity contribution in [2.45, 2.75) is 12.8 Å². The summed E-state index contributed by atoms with van der Waals surface area (Å²) in [6.45, 7) is 1.28. The first kappa shape index (κ1) is 16.7. The van der Waals surface area contributed by atoms with Gasteiger partial charge in [-0.3, -0.25) is 9.79 Å². The molecule has 2 aromatic carbocycles. The molecule has 1 aliphatic heterocycles. The fourth-order valence-electron chi connectivity index (χ4n) is 2.87. The molecule has 0 radical (unpaired) electrons. The minimum atomic E-state index is -0.147. The van der Waals surface area contributed by atoms with Crippen LogP contribution in [-0.2, 0) is 6.42 Å². The Morgan fingerprint density at radius 3 is 2.80 bits per heavy atom. The van der Waals surface area contributed by atoms with Crippen LogP contribution in [0.1, 0.15) is 33.5 Å². The first-order valence-corrected chi connectivity index (χ1v) is 8.20. The number of carbonyl (C=O) groups excluding carboxylic acids is 1. The summed E-state index contributed by atoms with van der Waals surface area (Å²) < 4.78 is 5.30. The molecule has 0 saturated carbocycles. The maximum Gasteiger partial charge on any atom is 0.251 e. The molecule has 1 N–H and O–H groups in total. The highest BCUT2D eigenvalue weighted by Crippen LogP contribution is 2.23. The number of methoxy groups -OCH3 is 1. The van der Waals surface area contributed by atoms with Crippen LogP contribution in [0.25, 0.3) is 0 Å². The van der Waals surface area contributed by atoms with Gasteiger partial charge >= 0.3 is 0 Å². The maximum absolute atomic E-state index is 12.2. The number of nitrogens with one attached hydrogen (secondary N) is 1. The fraction of sp³-hybridized carbons (Fsp3) is 0.250. The van der Waals surface area contributed by atoms with Crippen LogP contribution in [0.2, 0.25) is 0 Å². The lowest BCUT2D eigenvalue weighted by molar-refractivity contribution is 0.0955. The lowest BCUT2D eigenvalue weighted by Crippen LogP contribution is -2.27. The van der Waals surface area contributed by atoms with Gasteiger partial charge in [-0.1, -0.05) is 6.07 Å². The quantitative estimate of drug-likeness (QED) is 0.914. The number of benzene rings is 2. The number of nitrogens with zero attached hydrogens (tertiary/aromatic N) is 2. The molecular formula is C20H19N3O2. The Morgan fingerprint density at radius 2 is 2.08 bits per heavy atom. The first-order chi connectivity index (χ1) is 12.2. The number of nitriles is 1. The van der Waals surface area contributed by atoms with Gasteiger partial charge in [0.05, 0.1) is 18.7 Å². The van der Waals surface area contributed by atoms with Gasteiger partial charge in [-0.15, -0.1) is 0 Å². The van der Waals surface area contributed by atoms with Crippen molar-refractivity contribution in [2.24, 2.45) is 4.99 Å². The number of hydrogen-bond acceptors (Lipinski definition) is 4. The topological polar surface area (TPSA) is 74.5 Å². The molecule has 0 spiro atoms. The van der Waals surface area contributed by atoms with Crippen molar-refractivity contribution in [1.29, 1.82) is 5.26 Å². The van der Waals surface area contributed by atoms with Gasteiger partial charge in [0, 0.05) is 36.3 Å². The molecule has 0 fully saturated rings. The van der Waals surface area contributed by atoms with Gasteiger partial charge in [0.15, 0.2) is 0 Å². The summed E-state index contributed by atoms with van der Waals surface area (Å²) in [5.41, 5.74) is 4.47. The summed E-state index contributed by atoms with van der Waals surface area (Å²) in [6, 6.07) is 14.7. The summed E-state index contributed by atoms with van der Waals surface area (Å²) in [7, 11) is 1.65. The van der Waals surface area contributed by atoms with Gasteiger partial charge in [-0.25, -0.2) is 0 Å². The fourth-order valence-corrected chi connectivity index (χ4v) is 2.87. The summed E-state index contributed by atoms with van der Waals surface area (Å²) in [5.74, 6) is 0.668. The Kier molecular flexibility index (Phi) is 5.10. The van der Waals surface area contributed by atoms with Crippen LogP contribution in [0, 0.1) is 11.3 Å². The Balaban J connectivity index is 1.61. The van der Waals surface area contributed by atoms with Crippen molar-refractivity contribution in [1.82, 2.24) is 5.32 Å². The van der Waals surface area contributed by atoms with E-state index in [1.807, 2.05) is 18.2 Å². The molecule has 25 heavy (non-hydrogen) atoms. The zero-order chi connectivity index (χ0) is 17.6. The average Bonchev–Trinajstić information content (AvgIpc) is 2.67. The molecule has 1 aliphatic rings. The highest BCUT2D eigenvalue weighted by atomic mass is 16.5. The van der Waals surface area contributed by atoms with Crippen molar-refractivity contribution >= 4 is 11.6 Å². The molecule has 0 atom stereocenters. The van der Waals surface area contributed by atoms with Crippen molar-refractivity contribution < 1.29 is 9.53 Å². The Hall–Kier alpha value is -3.13. The van der Waals surface area contributed by atoms with E-state index >= 15 is 0 Å². The van der Waals surface area contributed by atoms with E-state index < -0.39 is 0 Å². The van der Waals surface area contributed by atoms with Gasteiger partial charge in [-0.2, -0.15) is 5.26 Å². The molecular weight excluding hydrogens is 314 g/mol. The zero-order valence-corrected chi connectivity index (χ0v) is 14.1. The van der Waals surface area contributed by atoms with Crippen LogP contribution in [0.4, 0.5) is 0 Å². The SMILES string of the molecule is COc1ccc2c(c1)C(CCNC(=O)c1ccc(C#N)cc1)=NCC2. The highest BCUT2D eigenvalue weighted by molar-refractivity contribution is 6.03. The number of fused-ring (bicyclic) bond motifs is 1. The lowest BCUT2D eigenvalue weighted by atomic mass is 9.95. The minimum Gasteiger partial charge on any atom is -0.497 e. The maximum atomic E-state index is 12.2. The third-order valence-electron chi connectivity index (χ3n) is 4.24. The Bertz CT molecular complexity index is 848. The number of amides is 1. The molecule has 5 heteroatoms. The van der Waals surface area contributed by atoms with Crippen LogP contribution in [0.5, 0.6) is 5.75 Å². The van der Waals surface area contributed by atoms with Crippen LogP contribution in [0.3, 0.4) is 0 Å². The smallest absolute Gasteiger partial charge is 0.251 e. The van der Waals surface area contributed by atoms with Crippen molar-refractivity contribution in [3.63, 3.8) is 0 Å². The molecule has 3 rings (SSSR count). The number of hydrogen-bond donors (Lipinski definition) is 1. The van der Waals surface area contributed by atoms with E-state index in [1.165, 1.54) is 5.56 Å². The van der Waals surface area contributed by atoms with E-state index in [1.54, 1.807) is 31.4 Å². The summed E-state index contributed by atoms with van der Waals surface area (Å²) >= 11 is 0. The summed E-state index contributed by atoms with van der Waals surface area (Å²) in [6.07, 6.45) is 1.60. The summed E-state index contributed by atoms with van der Waals surface area (Å²) in [5, 5.41) is 11.7. The number of ether oxygens (including phenoxy) is 1. The lowest BCUT2D eigenvalue weighted by Gasteiger charge is -2.18. The third-order valence-corrected chi connectivity index (χ3v) is 4.24. The molecule has 0 unspecified atom stereocenters. The molecule has 2 aromatic rings. The Morgan fingerprint density at radius 1 is 1.28 bits per heavy atom. The van der Waals surface area contributed by atoms with Gasteiger partial charge in [0.1, 0.15) is 5.75 Å². The molecule has 0 saturated heterocycles. The summed E-state index contributed by atoms with van der Waals surface area (Å²) in [4.78, 5) is 16.8. The van der Waals surface area contributed by atoms with Gasteiger partial charge in [0.2, 0.25) is 0 Å². The van der Waals surface area contributed by atoms with E-state index in [2.05, 4.69) is 16.4 Å². The van der Waals surface area contributed by atoms with Gasteiger partial charge < -0.3 is 10.1 Å². The Labute approximate surface area is 147 Å². The average molecular weight is 333 g/mol. The van der Waals surface area contributed by atoms with Crippen molar-refractivity contribution in [2.75, 3.05) is 20.2 Å². The van der Waals surface area contributed by atoms with Crippen LogP contribution < -0.4 is 10.1 Å². The molecule has 5 nitrogen and oxygen atoms in total. The monoisotopic (exact) mass is 333 g/mol. The van der Waals surface area contributed by atoms with Crippen LogP contribution in [0.15, 0.2) is 47.5 Å². The number of rotatable bonds is 5. The van der Waals surface area contributed by atoms with Crippen LogP contribution in [-0.4, -0.2) is 31.8 Å². The molecule has 0 aromatic heterocycles. The van der Waals surface area contributed by atoms with E-state index in [9.17, 15) is 4.79 Å². The molecule has 1 amide bonds. The van der Waals surface area contributed by atoms with Crippen LogP contribution >= 0.6 is 0 Å². The van der Waals surface area contributed by atoms with E-state index in [-0.39, 0.29) is 5.91 Å². The second kappa shape index (κ2) is 7.63. The van der Waals surface area contributed by atoms with Crippen molar-refractivity contribution in [3.8, 4) is 11.8 Å². The standard InChI is InChI=1S/C20H19N3O2/c1-25-17-7-6-15-8-10-22-19(18(15)12-17)9-11-23-20(24)16-4-2-14(13-21)3-5-16/h2-7,12H,8-11H2,1H3,(H,23,24). The van der Waals surface area contributed by atoms with E-state index in [4.69, 9.17) is 10.00 Å². The predicted octanol–water partition coefficient (Wildman–Crippen LogP) is 2.73. The van der Waals surface area contributed by atoms with E-state index in [0.29, 0.717) is 24.1 Å².